The minimum atomic E-state index is -3.72. The van der Waals surface area contributed by atoms with Gasteiger partial charge in [0.15, 0.2) is 0 Å². The zero-order chi connectivity index (χ0) is 12.6. The Kier molecular flexibility index (Phi) is 2.80. The second-order valence-corrected chi connectivity index (χ2v) is 5.50. The number of hydrogen-bond donors (Lipinski definition) is 1. The summed E-state index contributed by atoms with van der Waals surface area (Å²) in [6, 6.07) is 5.01. The third-order valence-electron chi connectivity index (χ3n) is 2.50. The molecule has 2 atom stereocenters. The van der Waals surface area contributed by atoms with Gasteiger partial charge in [-0.1, -0.05) is 6.07 Å². The normalized spacial score (nSPS) is 23.1. The Morgan fingerprint density at radius 3 is 2.76 bits per heavy atom. The van der Waals surface area contributed by atoms with Crippen molar-refractivity contribution in [2.24, 2.45) is 0 Å². The fraction of sp³-hybridized carbons (Fsp3) is 0.300. The van der Waals surface area contributed by atoms with Crippen molar-refractivity contribution in [2.75, 3.05) is 13.7 Å². The van der Waals surface area contributed by atoms with E-state index in [1.165, 1.54) is 19.2 Å². The molecule has 6 nitrogen and oxygen atoms in total. The maximum absolute atomic E-state index is 12.0. The van der Waals surface area contributed by atoms with Crippen LogP contribution in [0.15, 0.2) is 29.2 Å². The van der Waals surface area contributed by atoms with Gasteiger partial charge in [0.1, 0.15) is 11.8 Å². The lowest BCUT2D eigenvalue weighted by molar-refractivity contribution is -0.136. The standard InChI is InChI=1S/C10H11NO5S/c1-16-7-3-2-4-8(5-7)17(14,15)11-6-9(11)10(12)13/h2-5,9H,6H2,1H3,(H,12,13). The van der Waals surface area contributed by atoms with Gasteiger partial charge in [-0.25, -0.2) is 8.42 Å². The lowest BCUT2D eigenvalue weighted by Crippen LogP contribution is -2.19. The monoisotopic (exact) mass is 257 g/mol. The molecule has 0 spiro atoms. The summed E-state index contributed by atoms with van der Waals surface area (Å²) in [5.41, 5.74) is 0. The Hall–Kier alpha value is -1.60. The van der Waals surface area contributed by atoms with Crippen LogP contribution in [-0.4, -0.2) is 43.5 Å². The van der Waals surface area contributed by atoms with Gasteiger partial charge in [-0.3, -0.25) is 4.79 Å². The summed E-state index contributed by atoms with van der Waals surface area (Å²) < 4.78 is 29.8. The number of aliphatic carboxylic acids is 1. The van der Waals surface area contributed by atoms with Crippen molar-refractivity contribution in [1.29, 1.82) is 0 Å². The first-order valence-electron chi connectivity index (χ1n) is 4.85. The molecule has 7 heteroatoms. The van der Waals surface area contributed by atoms with Gasteiger partial charge in [0.25, 0.3) is 0 Å². The van der Waals surface area contributed by atoms with Crippen molar-refractivity contribution in [2.45, 2.75) is 10.9 Å². The second-order valence-electron chi connectivity index (χ2n) is 3.61. The van der Waals surface area contributed by atoms with E-state index in [0.29, 0.717) is 5.75 Å². The van der Waals surface area contributed by atoms with Crippen LogP contribution < -0.4 is 4.74 Å². The molecule has 17 heavy (non-hydrogen) atoms. The minimum Gasteiger partial charge on any atom is -0.497 e. The smallest absolute Gasteiger partial charge is 0.323 e. The van der Waals surface area contributed by atoms with Gasteiger partial charge in [0.05, 0.1) is 12.0 Å². The molecular formula is C10H11NO5S. The fourth-order valence-corrected chi connectivity index (χ4v) is 3.04. The van der Waals surface area contributed by atoms with E-state index < -0.39 is 22.0 Å². The van der Waals surface area contributed by atoms with Gasteiger partial charge in [-0.15, -0.1) is 0 Å². The molecule has 0 bridgehead atoms. The first-order valence-corrected chi connectivity index (χ1v) is 6.29. The van der Waals surface area contributed by atoms with E-state index in [4.69, 9.17) is 9.84 Å². The minimum absolute atomic E-state index is 0.0227. The zero-order valence-corrected chi connectivity index (χ0v) is 9.85. The number of sulfonamides is 1. The quantitative estimate of drug-likeness (QED) is 0.776. The molecule has 0 saturated carbocycles. The molecule has 0 radical (unpaired) electrons. The molecule has 0 amide bonds. The highest BCUT2D eigenvalue weighted by molar-refractivity contribution is 7.89. The van der Waals surface area contributed by atoms with Gasteiger partial charge in [-0.2, -0.15) is 4.31 Å². The molecule has 1 saturated heterocycles. The average molecular weight is 257 g/mol. The molecule has 0 aliphatic carbocycles. The number of carbonyl (C=O) groups is 1. The number of nitrogens with zero attached hydrogens (tertiary/aromatic N) is 1. The summed E-state index contributed by atoms with van der Waals surface area (Å²) in [5, 5.41) is 8.70. The van der Waals surface area contributed by atoms with Crippen LogP contribution in [0.1, 0.15) is 0 Å². The number of rotatable bonds is 4. The van der Waals surface area contributed by atoms with E-state index in [-0.39, 0.29) is 11.4 Å². The molecule has 0 aromatic heterocycles. The van der Waals surface area contributed by atoms with E-state index in [2.05, 4.69) is 0 Å². The van der Waals surface area contributed by atoms with Crippen LogP contribution in [0.2, 0.25) is 0 Å². The number of hydrogen-bond acceptors (Lipinski definition) is 4. The first-order chi connectivity index (χ1) is 7.96. The average Bonchev–Trinajstić information content (AvgIpc) is 3.09. The van der Waals surface area contributed by atoms with Crippen molar-refractivity contribution in [3.8, 4) is 5.75 Å². The molecule has 1 aliphatic rings. The van der Waals surface area contributed by atoms with Crippen LogP contribution in [0.5, 0.6) is 5.75 Å². The maximum Gasteiger partial charge on any atom is 0.323 e. The highest BCUT2D eigenvalue weighted by Crippen LogP contribution is 2.29. The van der Waals surface area contributed by atoms with Gasteiger partial charge in [0, 0.05) is 12.6 Å². The van der Waals surface area contributed by atoms with Crippen molar-refractivity contribution in [3.63, 3.8) is 0 Å². The molecule has 1 heterocycles. The Morgan fingerprint density at radius 2 is 2.24 bits per heavy atom. The SMILES string of the molecule is COc1cccc(S(=O)(=O)N2CC2C(=O)O)c1. The van der Waals surface area contributed by atoms with Crippen LogP contribution >= 0.6 is 0 Å². The lowest BCUT2D eigenvalue weighted by atomic mass is 10.3. The van der Waals surface area contributed by atoms with Crippen molar-refractivity contribution in [3.05, 3.63) is 24.3 Å². The first kappa shape index (κ1) is 11.9. The largest absolute Gasteiger partial charge is 0.497 e. The number of carboxylic acids is 1. The highest BCUT2D eigenvalue weighted by Gasteiger charge is 2.49. The highest BCUT2D eigenvalue weighted by atomic mass is 32.2. The molecular weight excluding hydrogens is 246 g/mol. The lowest BCUT2D eigenvalue weighted by Gasteiger charge is -2.06. The molecule has 1 aliphatic heterocycles. The fourth-order valence-electron chi connectivity index (χ4n) is 1.49. The maximum atomic E-state index is 12.0. The van der Waals surface area contributed by atoms with Crippen LogP contribution in [0, 0.1) is 0 Å². The number of carboxylic acid groups (broad SMARTS) is 1. The molecule has 2 unspecified atom stereocenters. The van der Waals surface area contributed by atoms with Gasteiger partial charge in [-0.05, 0) is 12.1 Å². The predicted molar refractivity (Wildman–Crippen MR) is 58.3 cm³/mol. The van der Waals surface area contributed by atoms with Crippen molar-refractivity contribution in [1.82, 2.24) is 4.31 Å². The predicted octanol–water partition coefficient (Wildman–Crippen LogP) is 0.153. The van der Waals surface area contributed by atoms with Crippen LogP contribution in [0.3, 0.4) is 0 Å². The van der Waals surface area contributed by atoms with Crippen molar-refractivity contribution < 1.29 is 23.1 Å². The van der Waals surface area contributed by atoms with E-state index in [0.717, 1.165) is 4.31 Å². The summed E-state index contributed by atoms with van der Waals surface area (Å²) in [5.74, 6) is -0.712. The summed E-state index contributed by atoms with van der Waals surface area (Å²) in [7, 11) is -2.29. The Labute approximate surface area is 98.5 Å². The Morgan fingerprint density at radius 1 is 1.53 bits per heavy atom. The summed E-state index contributed by atoms with van der Waals surface area (Å²) in [4.78, 5) is 10.7. The third-order valence-corrected chi connectivity index (χ3v) is 4.37. The van der Waals surface area contributed by atoms with Crippen molar-refractivity contribution >= 4 is 16.0 Å². The number of ether oxygens (including phenoxy) is 1. The summed E-state index contributed by atoms with van der Waals surface area (Å²) in [6.07, 6.45) is 0. The Bertz CT molecular complexity index is 554. The summed E-state index contributed by atoms with van der Waals surface area (Å²) >= 11 is 0. The van der Waals surface area contributed by atoms with Crippen LogP contribution in [0.4, 0.5) is 0 Å². The van der Waals surface area contributed by atoms with E-state index in [1.54, 1.807) is 12.1 Å². The van der Waals surface area contributed by atoms with Gasteiger partial charge >= 0.3 is 5.97 Å². The molecule has 2 rings (SSSR count). The molecule has 1 N–H and O–H groups in total. The second kappa shape index (κ2) is 4.01. The van der Waals surface area contributed by atoms with Gasteiger partial charge < -0.3 is 9.84 Å². The number of methoxy groups -OCH3 is 1. The molecule has 1 aromatic rings. The van der Waals surface area contributed by atoms with E-state index >= 15 is 0 Å². The topological polar surface area (TPSA) is 83.7 Å². The van der Waals surface area contributed by atoms with E-state index in [9.17, 15) is 13.2 Å². The van der Waals surface area contributed by atoms with E-state index in [1.807, 2.05) is 0 Å². The van der Waals surface area contributed by atoms with Crippen LogP contribution in [-0.2, 0) is 14.8 Å². The van der Waals surface area contributed by atoms with Crippen LogP contribution in [0.25, 0.3) is 0 Å². The Balaban J connectivity index is 2.30. The molecule has 92 valence electrons. The molecule has 1 aromatic carbocycles. The third kappa shape index (κ3) is 2.11. The summed E-state index contributed by atoms with van der Waals surface area (Å²) in [6.45, 7) is 0.0227. The van der Waals surface area contributed by atoms with Gasteiger partial charge in [0.2, 0.25) is 10.0 Å². The zero-order valence-electron chi connectivity index (χ0n) is 9.03. The molecule has 1 fully saturated rings. The number of benzene rings is 1.